The standard InChI is InChI=1S/C12H7Cl2N3O/c13-7-3-4-8-10(9(7)14)17-12(18)6-2-1-5-15-11(6)16-8/h1-5H,(H,15,16)(H,17,18). The summed E-state index contributed by atoms with van der Waals surface area (Å²) in [6, 6.07) is 6.79. The van der Waals surface area contributed by atoms with Crippen LogP contribution < -0.4 is 10.6 Å². The maximum atomic E-state index is 12.0. The van der Waals surface area contributed by atoms with Gasteiger partial charge in [0.05, 0.1) is 27.0 Å². The first-order valence-corrected chi connectivity index (χ1v) is 5.94. The van der Waals surface area contributed by atoms with Gasteiger partial charge < -0.3 is 10.6 Å². The maximum Gasteiger partial charge on any atom is 0.259 e. The minimum absolute atomic E-state index is 0.270. The molecule has 2 N–H and O–H groups in total. The molecule has 1 aromatic carbocycles. The molecule has 3 rings (SSSR count). The van der Waals surface area contributed by atoms with E-state index in [4.69, 9.17) is 23.2 Å². The highest BCUT2D eigenvalue weighted by molar-refractivity contribution is 6.44. The third kappa shape index (κ3) is 1.70. The second kappa shape index (κ2) is 4.15. The van der Waals surface area contributed by atoms with Gasteiger partial charge in [-0.15, -0.1) is 0 Å². The zero-order valence-electron chi connectivity index (χ0n) is 9.00. The van der Waals surface area contributed by atoms with Crippen molar-refractivity contribution >= 4 is 46.3 Å². The molecule has 1 aromatic heterocycles. The van der Waals surface area contributed by atoms with Gasteiger partial charge in [-0.05, 0) is 24.3 Å². The van der Waals surface area contributed by atoms with E-state index >= 15 is 0 Å². The number of halogens is 2. The predicted molar refractivity (Wildman–Crippen MR) is 71.9 cm³/mol. The molecule has 0 aliphatic carbocycles. The van der Waals surface area contributed by atoms with Gasteiger partial charge in [-0.1, -0.05) is 23.2 Å². The number of nitrogens with one attached hydrogen (secondary N) is 2. The summed E-state index contributed by atoms with van der Waals surface area (Å²) >= 11 is 12.0. The number of benzene rings is 1. The van der Waals surface area contributed by atoms with Crippen molar-refractivity contribution in [3.05, 3.63) is 46.1 Å². The fourth-order valence-corrected chi connectivity index (χ4v) is 2.14. The lowest BCUT2D eigenvalue weighted by Crippen LogP contribution is -2.11. The van der Waals surface area contributed by atoms with Gasteiger partial charge in [-0.3, -0.25) is 4.79 Å². The number of hydrogen-bond acceptors (Lipinski definition) is 3. The molecule has 6 heteroatoms. The summed E-state index contributed by atoms with van der Waals surface area (Å²) in [4.78, 5) is 16.2. The van der Waals surface area contributed by atoms with Crippen LogP contribution in [0.25, 0.3) is 0 Å². The van der Waals surface area contributed by atoms with Gasteiger partial charge in [0.15, 0.2) is 0 Å². The molecule has 0 bridgehead atoms. The highest BCUT2D eigenvalue weighted by Crippen LogP contribution is 2.39. The van der Waals surface area contributed by atoms with Gasteiger partial charge >= 0.3 is 0 Å². The molecule has 1 aliphatic heterocycles. The number of rotatable bonds is 0. The van der Waals surface area contributed by atoms with Crippen LogP contribution in [-0.2, 0) is 0 Å². The third-order valence-electron chi connectivity index (χ3n) is 2.64. The minimum Gasteiger partial charge on any atom is -0.338 e. The first kappa shape index (κ1) is 11.3. The number of hydrogen-bond donors (Lipinski definition) is 2. The van der Waals surface area contributed by atoms with Crippen molar-refractivity contribution in [1.29, 1.82) is 0 Å². The van der Waals surface area contributed by atoms with E-state index < -0.39 is 0 Å². The molecule has 0 saturated heterocycles. The number of nitrogens with zero attached hydrogens (tertiary/aromatic N) is 1. The molecule has 4 nitrogen and oxygen atoms in total. The fourth-order valence-electron chi connectivity index (χ4n) is 1.77. The van der Waals surface area contributed by atoms with Crippen LogP contribution in [0.4, 0.5) is 17.2 Å². The van der Waals surface area contributed by atoms with Crippen LogP contribution in [0.1, 0.15) is 10.4 Å². The predicted octanol–water partition coefficient (Wildman–Crippen LogP) is 3.70. The average molecular weight is 280 g/mol. The Morgan fingerprint density at radius 1 is 1.11 bits per heavy atom. The molecule has 90 valence electrons. The number of carbonyl (C=O) groups is 1. The summed E-state index contributed by atoms with van der Waals surface area (Å²) < 4.78 is 0. The Balaban J connectivity index is 2.21. The monoisotopic (exact) mass is 279 g/mol. The van der Waals surface area contributed by atoms with E-state index in [2.05, 4.69) is 15.6 Å². The number of carbonyl (C=O) groups excluding carboxylic acids is 1. The highest BCUT2D eigenvalue weighted by atomic mass is 35.5. The number of pyridine rings is 1. The molecule has 0 fully saturated rings. The number of anilines is 3. The van der Waals surface area contributed by atoms with Gasteiger partial charge in [0.2, 0.25) is 0 Å². The summed E-state index contributed by atoms with van der Waals surface area (Å²) in [5.74, 6) is 0.223. The van der Waals surface area contributed by atoms with Crippen LogP contribution in [0.3, 0.4) is 0 Å². The molecule has 0 unspecified atom stereocenters. The molecule has 1 amide bonds. The maximum absolute atomic E-state index is 12.0. The highest BCUT2D eigenvalue weighted by Gasteiger charge is 2.22. The Morgan fingerprint density at radius 3 is 2.78 bits per heavy atom. The zero-order valence-corrected chi connectivity index (χ0v) is 10.5. The van der Waals surface area contributed by atoms with Crippen molar-refractivity contribution in [1.82, 2.24) is 4.98 Å². The van der Waals surface area contributed by atoms with Gasteiger partial charge in [-0.2, -0.15) is 0 Å². The van der Waals surface area contributed by atoms with Crippen molar-refractivity contribution < 1.29 is 4.79 Å². The van der Waals surface area contributed by atoms with Gasteiger partial charge in [0.25, 0.3) is 5.91 Å². The van der Waals surface area contributed by atoms with Gasteiger partial charge in [-0.25, -0.2) is 4.98 Å². The van der Waals surface area contributed by atoms with E-state index in [9.17, 15) is 4.79 Å². The van der Waals surface area contributed by atoms with Crippen molar-refractivity contribution in [3.8, 4) is 0 Å². The van der Waals surface area contributed by atoms with Crippen molar-refractivity contribution in [2.75, 3.05) is 10.6 Å². The first-order chi connectivity index (χ1) is 8.66. The normalized spacial score (nSPS) is 12.9. The Labute approximate surface area is 113 Å². The second-order valence-corrected chi connectivity index (χ2v) is 4.55. The van der Waals surface area contributed by atoms with Crippen LogP contribution in [0.15, 0.2) is 30.5 Å². The van der Waals surface area contributed by atoms with Crippen LogP contribution in [-0.4, -0.2) is 10.9 Å². The SMILES string of the molecule is O=C1Nc2c(ccc(Cl)c2Cl)Nc2ncccc21. The Bertz CT molecular complexity index is 658. The van der Waals surface area contributed by atoms with Crippen molar-refractivity contribution in [2.24, 2.45) is 0 Å². The summed E-state index contributed by atoms with van der Waals surface area (Å²) in [7, 11) is 0. The summed E-state index contributed by atoms with van der Waals surface area (Å²) in [6.07, 6.45) is 1.61. The lowest BCUT2D eigenvalue weighted by atomic mass is 10.2. The number of amides is 1. The molecule has 0 spiro atoms. The van der Waals surface area contributed by atoms with Crippen LogP contribution >= 0.6 is 23.2 Å². The summed E-state index contributed by atoms with van der Waals surface area (Å²) in [5, 5.41) is 6.49. The van der Waals surface area contributed by atoms with E-state index in [-0.39, 0.29) is 5.91 Å². The number of aromatic nitrogens is 1. The van der Waals surface area contributed by atoms with E-state index in [1.54, 1.807) is 30.5 Å². The summed E-state index contributed by atoms with van der Waals surface area (Å²) in [6.45, 7) is 0. The lowest BCUT2D eigenvalue weighted by Gasteiger charge is -2.10. The molecule has 18 heavy (non-hydrogen) atoms. The average Bonchev–Trinajstić information content (AvgIpc) is 2.52. The molecular weight excluding hydrogens is 273 g/mol. The molecule has 0 radical (unpaired) electrons. The second-order valence-electron chi connectivity index (χ2n) is 3.76. The lowest BCUT2D eigenvalue weighted by molar-refractivity contribution is 0.102. The van der Waals surface area contributed by atoms with E-state index in [0.717, 1.165) is 0 Å². The zero-order chi connectivity index (χ0) is 12.7. The Hall–Kier alpha value is -1.78. The molecule has 2 heterocycles. The van der Waals surface area contributed by atoms with Gasteiger partial charge in [0, 0.05) is 6.20 Å². The molecular formula is C12H7Cl2N3O. The minimum atomic E-state index is -0.270. The van der Waals surface area contributed by atoms with Crippen LogP contribution in [0, 0.1) is 0 Å². The molecule has 1 aliphatic rings. The van der Waals surface area contributed by atoms with Crippen LogP contribution in [0.2, 0.25) is 10.0 Å². The summed E-state index contributed by atoms with van der Waals surface area (Å²) in [5.41, 5.74) is 1.59. The van der Waals surface area contributed by atoms with E-state index in [0.29, 0.717) is 32.8 Å². The van der Waals surface area contributed by atoms with Crippen LogP contribution in [0.5, 0.6) is 0 Å². The molecule has 0 saturated carbocycles. The fraction of sp³-hybridized carbons (Fsp3) is 0. The third-order valence-corrected chi connectivity index (χ3v) is 3.44. The molecule has 0 atom stereocenters. The quantitative estimate of drug-likeness (QED) is 0.773. The smallest absolute Gasteiger partial charge is 0.259 e. The first-order valence-electron chi connectivity index (χ1n) is 5.18. The van der Waals surface area contributed by atoms with E-state index in [1.807, 2.05) is 0 Å². The largest absolute Gasteiger partial charge is 0.338 e. The van der Waals surface area contributed by atoms with Crippen molar-refractivity contribution in [2.45, 2.75) is 0 Å². The van der Waals surface area contributed by atoms with Crippen molar-refractivity contribution in [3.63, 3.8) is 0 Å². The topological polar surface area (TPSA) is 54.0 Å². The van der Waals surface area contributed by atoms with Gasteiger partial charge in [0.1, 0.15) is 5.82 Å². The Morgan fingerprint density at radius 2 is 1.94 bits per heavy atom. The number of fused-ring (bicyclic) bond motifs is 2. The van der Waals surface area contributed by atoms with E-state index in [1.165, 1.54) is 0 Å². The molecule has 2 aromatic rings. The Kier molecular flexibility index (Phi) is 2.61.